The fourth-order valence-corrected chi connectivity index (χ4v) is 6.25. The molecule has 9 nitrogen and oxygen atoms in total. The maximum Gasteiger partial charge on any atom is 0.573 e. The van der Waals surface area contributed by atoms with E-state index in [1.807, 2.05) is 47.4 Å². The number of alkyl halides is 3. The smallest absolute Gasteiger partial charge is 0.493 e. The number of aliphatic hydroxyl groups is 1. The Balaban J connectivity index is 1.27. The van der Waals surface area contributed by atoms with E-state index in [2.05, 4.69) is 10.1 Å². The average Bonchev–Trinajstić information content (AvgIpc) is 3.04. The van der Waals surface area contributed by atoms with E-state index < -0.39 is 24.6 Å². The Hall–Kier alpha value is -4.13. The van der Waals surface area contributed by atoms with Gasteiger partial charge in [-0.15, -0.1) is 13.2 Å². The summed E-state index contributed by atoms with van der Waals surface area (Å²) < 4.78 is 54.2. The highest BCUT2D eigenvalue weighted by atomic mass is 19.4. The van der Waals surface area contributed by atoms with Crippen molar-refractivity contribution in [3.05, 3.63) is 83.9 Å². The molecule has 0 saturated carbocycles. The van der Waals surface area contributed by atoms with Gasteiger partial charge < -0.3 is 29.5 Å². The van der Waals surface area contributed by atoms with Crippen molar-refractivity contribution in [1.82, 2.24) is 15.1 Å². The molecule has 3 aliphatic rings. The summed E-state index contributed by atoms with van der Waals surface area (Å²) in [5.41, 5.74) is 2.93. The van der Waals surface area contributed by atoms with E-state index in [1.165, 1.54) is 12.1 Å². The second-order valence-corrected chi connectivity index (χ2v) is 11.8. The van der Waals surface area contributed by atoms with Gasteiger partial charge in [-0.2, -0.15) is 0 Å². The van der Waals surface area contributed by atoms with Crippen LogP contribution in [0.25, 0.3) is 11.1 Å². The molecule has 244 valence electrons. The van der Waals surface area contributed by atoms with Gasteiger partial charge in [0.25, 0.3) is 5.91 Å². The molecule has 0 radical (unpaired) electrons. The SMILES string of the molecule is O=C1NC[C@H]2O[C@H](CCOc3cc(-c4ccccc4)ccc3C(=O)N3CCN(Cc4ccc(OC(F)(F)F)cc4)C[C@@H]13)CC[C@@H]2O. The molecule has 0 aromatic heterocycles. The van der Waals surface area contributed by atoms with Crippen LogP contribution in [-0.4, -0.2) is 90.2 Å². The third-order valence-corrected chi connectivity index (χ3v) is 8.67. The first kappa shape index (κ1) is 31.8. The maximum atomic E-state index is 14.2. The number of hydrogen-bond donors (Lipinski definition) is 2. The highest BCUT2D eigenvalue weighted by Gasteiger charge is 2.38. The van der Waals surface area contributed by atoms with E-state index in [9.17, 15) is 27.9 Å². The van der Waals surface area contributed by atoms with Gasteiger partial charge in [-0.3, -0.25) is 14.5 Å². The van der Waals surface area contributed by atoms with E-state index >= 15 is 0 Å². The third-order valence-electron chi connectivity index (χ3n) is 8.67. The van der Waals surface area contributed by atoms with Crippen molar-refractivity contribution in [2.45, 2.75) is 56.5 Å². The highest BCUT2D eigenvalue weighted by Crippen LogP contribution is 2.31. The first-order valence-corrected chi connectivity index (χ1v) is 15.4. The second-order valence-electron chi connectivity index (χ2n) is 11.8. The minimum Gasteiger partial charge on any atom is -0.493 e. The number of fused-ring (bicyclic) bond motifs is 4. The molecule has 46 heavy (non-hydrogen) atoms. The number of ether oxygens (including phenoxy) is 3. The molecule has 2 saturated heterocycles. The standard InChI is InChI=1S/C34H36F3N3O6/c35-34(36,37)46-26-9-6-22(7-10-26)20-39-15-16-40-28(21-39)32(42)38-19-31-29(41)13-11-25(45-31)14-17-44-30-18-24(8-12-27(30)33(40)43)23-4-2-1-3-5-23/h1-10,12,18,25,28-29,31,41H,11,13-17,19-21H2,(H,38,42)/t25-,28-,29-,31+/m0/s1. The van der Waals surface area contributed by atoms with Crippen LogP contribution in [0.3, 0.4) is 0 Å². The van der Waals surface area contributed by atoms with Crippen molar-refractivity contribution in [2.24, 2.45) is 0 Å². The van der Waals surface area contributed by atoms with Crippen LogP contribution >= 0.6 is 0 Å². The highest BCUT2D eigenvalue weighted by molar-refractivity contribution is 6.00. The normalized spacial score (nSPS) is 24.6. The number of nitrogens with one attached hydrogen (secondary N) is 1. The minimum absolute atomic E-state index is 0.0909. The second kappa shape index (κ2) is 13.7. The molecule has 0 aliphatic carbocycles. The number of aliphatic hydroxyl groups excluding tert-OH is 1. The van der Waals surface area contributed by atoms with Crippen molar-refractivity contribution in [2.75, 3.05) is 32.8 Å². The lowest BCUT2D eigenvalue weighted by molar-refractivity contribution is -0.274. The summed E-state index contributed by atoms with van der Waals surface area (Å²) in [5, 5.41) is 13.5. The molecular formula is C34H36F3N3O6. The van der Waals surface area contributed by atoms with Gasteiger partial charge in [0.2, 0.25) is 5.91 Å². The van der Waals surface area contributed by atoms with Gasteiger partial charge in [0, 0.05) is 39.1 Å². The molecule has 2 bridgehead atoms. The van der Waals surface area contributed by atoms with Gasteiger partial charge in [0.15, 0.2) is 0 Å². The fraction of sp³-hybridized carbons (Fsp3) is 0.412. The number of nitrogens with zero attached hydrogens (tertiary/aromatic N) is 2. The zero-order valence-corrected chi connectivity index (χ0v) is 25.1. The lowest BCUT2D eigenvalue weighted by Gasteiger charge is -2.41. The molecule has 0 spiro atoms. The molecular weight excluding hydrogens is 603 g/mol. The first-order valence-electron chi connectivity index (χ1n) is 15.4. The molecule has 12 heteroatoms. The van der Waals surface area contributed by atoms with Crippen LogP contribution in [0.2, 0.25) is 0 Å². The molecule has 3 aliphatic heterocycles. The number of carbonyl (C=O) groups excluding carboxylic acids is 2. The summed E-state index contributed by atoms with van der Waals surface area (Å²) in [6.07, 6.45) is -4.53. The monoisotopic (exact) mass is 639 g/mol. The van der Waals surface area contributed by atoms with Crippen LogP contribution in [0.4, 0.5) is 13.2 Å². The van der Waals surface area contributed by atoms with E-state index in [1.54, 1.807) is 23.1 Å². The zero-order chi connectivity index (χ0) is 32.3. The Morgan fingerprint density at radius 1 is 0.935 bits per heavy atom. The van der Waals surface area contributed by atoms with Crippen LogP contribution < -0.4 is 14.8 Å². The molecule has 3 heterocycles. The lowest BCUT2D eigenvalue weighted by atomic mass is 9.98. The molecule has 0 unspecified atom stereocenters. The Bertz CT molecular complexity index is 1520. The van der Waals surface area contributed by atoms with Crippen molar-refractivity contribution < 1.29 is 42.1 Å². The van der Waals surface area contributed by atoms with Crippen molar-refractivity contribution in [1.29, 1.82) is 0 Å². The van der Waals surface area contributed by atoms with Gasteiger partial charge >= 0.3 is 6.36 Å². The molecule has 2 fully saturated rings. The summed E-state index contributed by atoms with van der Waals surface area (Å²) in [6, 6.07) is 19.9. The number of piperazine rings is 1. The quantitative estimate of drug-likeness (QED) is 0.437. The van der Waals surface area contributed by atoms with E-state index in [-0.39, 0.29) is 43.3 Å². The van der Waals surface area contributed by atoms with Crippen LogP contribution in [0.5, 0.6) is 11.5 Å². The zero-order valence-electron chi connectivity index (χ0n) is 25.1. The van der Waals surface area contributed by atoms with Crippen molar-refractivity contribution >= 4 is 11.8 Å². The molecule has 2 N–H and O–H groups in total. The summed E-state index contributed by atoms with van der Waals surface area (Å²) >= 11 is 0. The Morgan fingerprint density at radius 2 is 1.72 bits per heavy atom. The van der Waals surface area contributed by atoms with Crippen LogP contribution in [-0.2, 0) is 16.1 Å². The van der Waals surface area contributed by atoms with Gasteiger partial charge in [-0.05, 0) is 53.8 Å². The van der Waals surface area contributed by atoms with E-state index in [4.69, 9.17) is 9.47 Å². The van der Waals surface area contributed by atoms with Crippen molar-refractivity contribution in [3.63, 3.8) is 0 Å². The molecule has 4 atom stereocenters. The topological polar surface area (TPSA) is 101 Å². The van der Waals surface area contributed by atoms with Gasteiger partial charge in [-0.25, -0.2) is 0 Å². The van der Waals surface area contributed by atoms with Crippen LogP contribution in [0.15, 0.2) is 72.8 Å². The number of hydrogen-bond acceptors (Lipinski definition) is 7. The number of rotatable bonds is 4. The van der Waals surface area contributed by atoms with Crippen LogP contribution in [0.1, 0.15) is 35.2 Å². The summed E-state index contributed by atoms with van der Waals surface area (Å²) in [6.45, 7) is 1.60. The molecule has 2 amide bonds. The van der Waals surface area contributed by atoms with Gasteiger partial charge in [0.1, 0.15) is 23.6 Å². The number of carbonyl (C=O) groups is 2. The third kappa shape index (κ3) is 7.63. The van der Waals surface area contributed by atoms with Crippen molar-refractivity contribution in [3.8, 4) is 22.6 Å². The lowest BCUT2D eigenvalue weighted by Crippen LogP contribution is -2.61. The summed E-state index contributed by atoms with van der Waals surface area (Å²) in [4.78, 5) is 31.4. The number of halogens is 3. The summed E-state index contributed by atoms with van der Waals surface area (Å²) in [5.74, 6) is -0.622. The fourth-order valence-electron chi connectivity index (χ4n) is 6.25. The summed E-state index contributed by atoms with van der Waals surface area (Å²) in [7, 11) is 0. The Labute approximate surface area is 264 Å². The first-order chi connectivity index (χ1) is 22.1. The predicted molar refractivity (Wildman–Crippen MR) is 162 cm³/mol. The van der Waals surface area contributed by atoms with Gasteiger partial charge in [-0.1, -0.05) is 48.5 Å². The number of benzene rings is 3. The molecule has 6 rings (SSSR count). The minimum atomic E-state index is -4.78. The Morgan fingerprint density at radius 3 is 2.48 bits per heavy atom. The predicted octanol–water partition coefficient (Wildman–Crippen LogP) is 4.39. The molecule has 3 aromatic carbocycles. The van der Waals surface area contributed by atoms with Gasteiger partial charge in [0.05, 0.1) is 24.4 Å². The largest absolute Gasteiger partial charge is 0.573 e. The maximum absolute atomic E-state index is 14.2. The Kier molecular flexibility index (Phi) is 9.48. The average molecular weight is 640 g/mol. The molecule has 3 aromatic rings. The van der Waals surface area contributed by atoms with Crippen LogP contribution in [0, 0.1) is 0 Å². The van der Waals surface area contributed by atoms with E-state index in [0.29, 0.717) is 50.3 Å². The number of amides is 2. The van der Waals surface area contributed by atoms with E-state index in [0.717, 1.165) is 16.7 Å².